The van der Waals surface area contributed by atoms with E-state index in [1.807, 2.05) is 0 Å². The van der Waals surface area contributed by atoms with Crippen molar-refractivity contribution >= 4 is 23.1 Å². The minimum Gasteiger partial charge on any atom is -0.303 e. The first kappa shape index (κ1) is 15.1. The van der Waals surface area contributed by atoms with Crippen LogP contribution >= 0.6 is 7.17 Å². The zero-order valence-electron chi connectivity index (χ0n) is 13.4. The van der Waals surface area contributed by atoms with E-state index >= 15 is 0 Å². The van der Waals surface area contributed by atoms with Crippen LogP contribution in [0.15, 0.2) is 78.4 Å². The molecule has 0 spiro atoms. The van der Waals surface area contributed by atoms with Crippen LogP contribution < -0.4 is 5.30 Å². The zero-order chi connectivity index (χ0) is 15.5. The summed E-state index contributed by atoms with van der Waals surface area (Å²) in [6.45, 7) is 2.28. The van der Waals surface area contributed by atoms with E-state index in [0.717, 1.165) is 0 Å². The van der Waals surface area contributed by atoms with E-state index in [1.54, 1.807) is 0 Å². The quantitative estimate of drug-likeness (QED) is 0.770. The van der Waals surface area contributed by atoms with Crippen LogP contribution in [0.25, 0.3) is 0 Å². The minimum absolute atomic E-state index is 0.425. The molecule has 0 fully saturated rings. The Labute approximate surface area is 134 Å². The van der Waals surface area contributed by atoms with Crippen molar-refractivity contribution in [2.45, 2.75) is 13.0 Å². The fourth-order valence-corrected chi connectivity index (χ4v) is 5.33. The van der Waals surface area contributed by atoms with Crippen LogP contribution in [0.5, 0.6) is 0 Å². The third-order valence-corrected chi connectivity index (χ3v) is 6.73. The highest BCUT2D eigenvalue weighted by Crippen LogP contribution is 2.28. The van der Waals surface area contributed by atoms with Gasteiger partial charge in [-0.2, -0.15) is 0 Å². The molecule has 0 N–H and O–H groups in total. The van der Waals surface area contributed by atoms with Crippen molar-refractivity contribution in [2.24, 2.45) is 0 Å². The van der Waals surface area contributed by atoms with Crippen molar-refractivity contribution < 1.29 is 0 Å². The van der Waals surface area contributed by atoms with E-state index in [1.165, 1.54) is 21.5 Å². The standard InChI is InChI=1S/C20H22NP/c1-16(21(2)3)19-14-9-15-20(19)22(18-12-7-8-13-18)17-10-5-4-6-11-17/h4-16H,1-3H3/t16-/m0/s1. The molecule has 1 aromatic carbocycles. The molecular formula is C20H22NP. The average Bonchev–Trinajstić information content (AvgIpc) is 3.20. The molecule has 3 rings (SSSR count). The molecule has 1 nitrogen and oxygen atoms in total. The molecule has 22 heavy (non-hydrogen) atoms. The topological polar surface area (TPSA) is 3.24 Å². The monoisotopic (exact) mass is 307 g/mol. The number of hydrogen-bond acceptors (Lipinski definition) is 1. The summed E-state index contributed by atoms with van der Waals surface area (Å²) >= 11 is 0. The van der Waals surface area contributed by atoms with Crippen LogP contribution in [-0.2, 0) is 0 Å². The summed E-state index contributed by atoms with van der Waals surface area (Å²) in [5.74, 6) is 0. The van der Waals surface area contributed by atoms with Crippen LogP contribution in [0, 0.1) is 0 Å². The molecule has 112 valence electrons. The predicted octanol–water partition coefficient (Wildman–Crippen LogP) is 3.71. The zero-order valence-corrected chi connectivity index (χ0v) is 14.3. The van der Waals surface area contributed by atoms with Gasteiger partial charge in [-0.3, -0.25) is 0 Å². The number of benzene rings is 1. The lowest BCUT2D eigenvalue weighted by molar-refractivity contribution is 0.358. The molecule has 0 aliphatic heterocycles. The molecular weight excluding hydrogens is 285 g/mol. The van der Waals surface area contributed by atoms with E-state index in [4.69, 9.17) is 0 Å². The second-order valence-electron chi connectivity index (χ2n) is 5.82. The largest absolute Gasteiger partial charge is 0.303 e. The van der Waals surface area contributed by atoms with Gasteiger partial charge in [0, 0.05) is 11.3 Å². The van der Waals surface area contributed by atoms with Crippen LogP contribution in [0.1, 0.15) is 6.92 Å². The second kappa shape index (κ2) is 6.52. The molecule has 0 saturated carbocycles. The molecule has 2 heteroatoms. The third kappa shape index (κ3) is 2.88. The number of hydrogen-bond donors (Lipinski definition) is 0. The van der Waals surface area contributed by atoms with Gasteiger partial charge in [0.05, 0.1) is 0 Å². The second-order valence-corrected chi connectivity index (χ2v) is 8.01. The van der Waals surface area contributed by atoms with Crippen LogP contribution in [-0.4, -0.2) is 35.6 Å². The number of likely N-dealkylation sites (N-methyl/N-ethyl adjacent to an activating group) is 1. The summed E-state index contributed by atoms with van der Waals surface area (Å²) in [6.07, 6.45) is 15.6. The molecule has 0 radical (unpaired) electrons. The van der Waals surface area contributed by atoms with Gasteiger partial charge >= 0.3 is 0 Å². The van der Waals surface area contributed by atoms with Crippen molar-refractivity contribution in [2.75, 3.05) is 14.1 Å². The van der Waals surface area contributed by atoms with Gasteiger partial charge in [0.15, 0.2) is 0 Å². The molecule has 1 unspecified atom stereocenters. The Hall–Kier alpha value is -1.82. The Morgan fingerprint density at radius 1 is 0.909 bits per heavy atom. The predicted molar refractivity (Wildman–Crippen MR) is 102 cm³/mol. The highest BCUT2D eigenvalue weighted by atomic mass is 31.1. The van der Waals surface area contributed by atoms with Crippen molar-refractivity contribution in [3.8, 4) is 0 Å². The van der Waals surface area contributed by atoms with Crippen LogP contribution in [0.4, 0.5) is 0 Å². The van der Waals surface area contributed by atoms with Crippen molar-refractivity contribution in [1.82, 2.24) is 4.90 Å². The number of allylic oxidation sites excluding steroid dienone is 7. The van der Waals surface area contributed by atoms with Crippen LogP contribution in [0.2, 0.25) is 0 Å². The van der Waals surface area contributed by atoms with Gasteiger partial charge in [0.25, 0.3) is 0 Å². The van der Waals surface area contributed by atoms with E-state index in [2.05, 4.69) is 98.8 Å². The first-order chi connectivity index (χ1) is 10.7. The smallest absolute Gasteiger partial charge is 0.0323 e. The van der Waals surface area contributed by atoms with E-state index in [-0.39, 0.29) is 0 Å². The lowest BCUT2D eigenvalue weighted by atomic mass is 10.1. The molecule has 2 aliphatic rings. The maximum absolute atomic E-state index is 2.31. The summed E-state index contributed by atoms with van der Waals surface area (Å²) in [4.78, 5) is 2.28. The van der Waals surface area contributed by atoms with Gasteiger partial charge in [0.1, 0.15) is 0 Å². The Kier molecular flexibility index (Phi) is 4.47. The fourth-order valence-electron chi connectivity index (χ4n) is 2.78. The lowest BCUT2D eigenvalue weighted by Gasteiger charge is -2.23. The molecule has 2 aliphatic carbocycles. The minimum atomic E-state index is -0.477. The Bertz CT molecular complexity index is 753. The van der Waals surface area contributed by atoms with Crippen LogP contribution in [0.3, 0.4) is 0 Å². The summed E-state index contributed by atoms with van der Waals surface area (Å²) in [7, 11) is 3.82. The fraction of sp³-hybridized carbons (Fsp3) is 0.200. The van der Waals surface area contributed by atoms with Gasteiger partial charge in [-0.25, -0.2) is 0 Å². The van der Waals surface area contributed by atoms with Crippen molar-refractivity contribution in [1.29, 1.82) is 0 Å². The highest BCUT2D eigenvalue weighted by molar-refractivity contribution is 7.68. The van der Waals surface area contributed by atoms with Gasteiger partial charge < -0.3 is 4.90 Å². The maximum Gasteiger partial charge on any atom is 0.0323 e. The maximum atomic E-state index is 2.31. The summed E-state index contributed by atoms with van der Waals surface area (Å²) in [5, 5.41) is 4.33. The molecule has 0 saturated heterocycles. The first-order valence-electron chi connectivity index (χ1n) is 7.67. The summed E-state index contributed by atoms with van der Waals surface area (Å²) < 4.78 is 0. The Morgan fingerprint density at radius 2 is 1.59 bits per heavy atom. The van der Waals surface area contributed by atoms with E-state index in [9.17, 15) is 0 Å². The van der Waals surface area contributed by atoms with E-state index in [0.29, 0.717) is 6.04 Å². The number of rotatable bonds is 3. The Morgan fingerprint density at radius 3 is 2.23 bits per heavy atom. The summed E-state index contributed by atoms with van der Waals surface area (Å²) in [5.41, 5.74) is 1.45. The molecule has 0 bridgehead atoms. The highest BCUT2D eigenvalue weighted by Gasteiger charge is 2.18. The molecule has 0 heterocycles. The van der Waals surface area contributed by atoms with Gasteiger partial charge in [-0.05, 0) is 37.2 Å². The van der Waals surface area contributed by atoms with Gasteiger partial charge in [0.2, 0.25) is 0 Å². The molecule has 0 amide bonds. The first-order valence-corrected chi connectivity index (χ1v) is 9.01. The van der Waals surface area contributed by atoms with E-state index < -0.39 is 7.17 Å². The molecule has 0 aromatic heterocycles. The summed E-state index contributed by atoms with van der Waals surface area (Å²) in [6, 6.07) is 11.3. The Balaban J connectivity index is 2.25. The van der Waals surface area contributed by atoms with Gasteiger partial charge in [-0.15, -0.1) is 0 Å². The van der Waals surface area contributed by atoms with Gasteiger partial charge in [-0.1, -0.05) is 80.0 Å². The lowest BCUT2D eigenvalue weighted by Crippen LogP contribution is -2.29. The third-order valence-electron chi connectivity index (χ3n) is 4.21. The normalized spacial score (nSPS) is 20.0. The number of nitrogens with zero attached hydrogens (tertiary/aromatic N) is 1. The average molecular weight is 307 g/mol. The SMILES string of the molecule is C[C@@H](C1=CC=CC1=P(=C1C=CC=C1)c1ccccc1)N(C)C. The van der Waals surface area contributed by atoms with Crippen molar-refractivity contribution in [3.63, 3.8) is 0 Å². The van der Waals surface area contributed by atoms with Crippen molar-refractivity contribution in [3.05, 3.63) is 78.4 Å². The molecule has 1 aromatic rings. The molecule has 2 atom stereocenters.